The summed E-state index contributed by atoms with van der Waals surface area (Å²) in [5.74, 6) is 4.00. The maximum absolute atomic E-state index is 16.1. The number of unbranched alkanes of at least 4 members (excludes halogenated alkanes) is 10. The minimum atomic E-state index is -4.87. The molecule has 1 N–H and O–H groups in total. The lowest BCUT2D eigenvalue weighted by atomic mass is 9.71. The van der Waals surface area contributed by atoms with Gasteiger partial charge in [-0.05, 0) is 228 Å². The third-order valence-electron chi connectivity index (χ3n) is 23.9. The van der Waals surface area contributed by atoms with E-state index >= 15 is 4.57 Å². The summed E-state index contributed by atoms with van der Waals surface area (Å²) in [7, 11) is -4.87. The van der Waals surface area contributed by atoms with Crippen molar-refractivity contribution in [3.8, 4) is 44.9 Å². The van der Waals surface area contributed by atoms with Gasteiger partial charge in [-0.3, -0.25) is 4.89 Å². The molecule has 0 spiro atoms. The van der Waals surface area contributed by atoms with Crippen LogP contribution in [0.15, 0.2) is 72.8 Å². The van der Waals surface area contributed by atoms with Crippen LogP contribution in [-0.4, -0.2) is 4.89 Å². The van der Waals surface area contributed by atoms with E-state index in [1.54, 1.807) is 11.1 Å². The van der Waals surface area contributed by atoms with E-state index in [0.29, 0.717) is 47.0 Å². The Morgan fingerprint density at radius 2 is 0.640 bits per heavy atom. The zero-order chi connectivity index (χ0) is 60.5. The van der Waals surface area contributed by atoms with Gasteiger partial charge >= 0.3 is 7.82 Å². The highest BCUT2D eigenvalue weighted by Crippen LogP contribution is 2.64. The van der Waals surface area contributed by atoms with Crippen LogP contribution in [0.5, 0.6) is 11.5 Å². The second kappa shape index (κ2) is 30.1. The maximum Gasteiger partial charge on any atom is 0.584 e. The van der Waals surface area contributed by atoms with Crippen molar-refractivity contribution in [1.29, 1.82) is 0 Å². The smallest absolute Gasteiger partial charge is 0.394 e. The van der Waals surface area contributed by atoms with Crippen LogP contribution < -0.4 is 9.05 Å². The summed E-state index contributed by atoms with van der Waals surface area (Å²) in [6.07, 6.45) is 55.1. The fourth-order valence-corrected chi connectivity index (χ4v) is 19.9. The lowest BCUT2D eigenvalue weighted by Gasteiger charge is -2.33. The van der Waals surface area contributed by atoms with E-state index in [9.17, 15) is 4.89 Å². The van der Waals surface area contributed by atoms with Crippen molar-refractivity contribution in [2.75, 3.05) is 0 Å². The zero-order valence-electron chi connectivity index (χ0n) is 55.6. The molecule has 7 aliphatic rings. The Bertz CT molecular complexity index is 3090. The molecule has 0 bridgehead atoms. The van der Waals surface area contributed by atoms with Crippen LogP contribution in [0.2, 0.25) is 0 Å². The van der Waals surface area contributed by atoms with Gasteiger partial charge in [0.2, 0.25) is 0 Å². The van der Waals surface area contributed by atoms with Gasteiger partial charge in [0.25, 0.3) is 0 Å². The summed E-state index contributed by atoms with van der Waals surface area (Å²) in [5.41, 5.74) is 18.5. The largest absolute Gasteiger partial charge is 0.584 e. The van der Waals surface area contributed by atoms with Gasteiger partial charge in [0, 0.05) is 22.3 Å². The molecule has 6 aromatic rings. The molecule has 478 valence electrons. The number of aryl methyl sites for hydroxylation is 2. The average Bonchev–Trinajstić information content (AvgIpc) is 1.73. The first-order valence-corrected chi connectivity index (χ1v) is 39.6. The van der Waals surface area contributed by atoms with Crippen molar-refractivity contribution in [2.24, 2.45) is 0 Å². The van der Waals surface area contributed by atoms with Gasteiger partial charge in [-0.25, -0.2) is 4.57 Å². The summed E-state index contributed by atoms with van der Waals surface area (Å²) in [5, 5.41) is 4.63. The van der Waals surface area contributed by atoms with Gasteiger partial charge in [-0.1, -0.05) is 254 Å². The highest BCUT2D eigenvalue weighted by Gasteiger charge is 2.41. The lowest BCUT2D eigenvalue weighted by molar-refractivity contribution is 0.295. The Kier molecular flexibility index (Phi) is 21.5. The van der Waals surface area contributed by atoms with E-state index < -0.39 is 7.82 Å². The molecule has 6 saturated carbocycles. The molecule has 89 heavy (non-hydrogen) atoms. The second-order valence-corrected chi connectivity index (χ2v) is 31.5. The molecule has 1 aliphatic heterocycles. The molecular formula is C84H113O4P. The van der Waals surface area contributed by atoms with Gasteiger partial charge in [-0.15, -0.1) is 0 Å². The SMILES string of the molecule is CCCCCCCCc1ccc2c3c(c(-c4c(C5CCCCC5)cc(C5CCCCC5)cc4C4CCCCC4)cc2c1)OP(=O)(O)Oc1c(-c2c(C4CCCCC4)cc(C4CCCCC4)cc2C2CCCCC2)cc2cc(CCCCCCCC)ccc2c1-3. The highest BCUT2D eigenvalue weighted by atomic mass is 31.2. The van der Waals surface area contributed by atoms with Gasteiger partial charge in [-0.2, -0.15) is 0 Å². The molecule has 5 heteroatoms. The molecular weight excluding hydrogens is 1100 g/mol. The van der Waals surface area contributed by atoms with E-state index in [-0.39, 0.29) is 0 Å². The van der Waals surface area contributed by atoms with Gasteiger partial charge in [0.15, 0.2) is 0 Å². The topological polar surface area (TPSA) is 55.8 Å². The summed E-state index contributed by atoms with van der Waals surface area (Å²) in [4.78, 5) is 13.2. The second-order valence-electron chi connectivity index (χ2n) is 30.2. The predicted octanol–water partition coefficient (Wildman–Crippen LogP) is 27.0. The maximum atomic E-state index is 16.1. The number of rotatable bonds is 22. The molecule has 6 aliphatic carbocycles. The molecule has 6 aromatic carbocycles. The summed E-state index contributed by atoms with van der Waals surface area (Å²) < 4.78 is 30.6. The van der Waals surface area contributed by atoms with Gasteiger partial charge < -0.3 is 9.05 Å². The van der Waals surface area contributed by atoms with Crippen LogP contribution in [0.3, 0.4) is 0 Å². The molecule has 0 amide bonds. The zero-order valence-corrected chi connectivity index (χ0v) is 56.5. The van der Waals surface area contributed by atoms with Crippen LogP contribution in [0.25, 0.3) is 54.9 Å². The Morgan fingerprint density at radius 3 is 0.955 bits per heavy atom. The molecule has 0 radical (unpaired) electrons. The van der Waals surface area contributed by atoms with E-state index in [1.165, 1.54) is 325 Å². The monoisotopic (exact) mass is 1220 g/mol. The molecule has 0 saturated heterocycles. The van der Waals surface area contributed by atoms with Crippen LogP contribution in [-0.2, 0) is 17.4 Å². The Morgan fingerprint density at radius 1 is 0.348 bits per heavy atom. The van der Waals surface area contributed by atoms with E-state index in [4.69, 9.17) is 9.05 Å². The number of phosphoric acid groups is 1. The van der Waals surface area contributed by atoms with Crippen LogP contribution >= 0.6 is 7.82 Å². The Hall–Kier alpha value is -4.37. The molecule has 13 rings (SSSR count). The fourth-order valence-electron chi connectivity index (χ4n) is 19.0. The van der Waals surface area contributed by atoms with Crippen molar-refractivity contribution in [3.05, 3.63) is 117 Å². The highest BCUT2D eigenvalue weighted by molar-refractivity contribution is 7.48. The van der Waals surface area contributed by atoms with Gasteiger partial charge in [0.05, 0.1) is 0 Å². The number of hydrogen-bond acceptors (Lipinski definition) is 3. The van der Waals surface area contributed by atoms with E-state index in [2.05, 4.69) is 86.6 Å². The minimum absolute atomic E-state index is 0.427. The molecule has 1 heterocycles. The van der Waals surface area contributed by atoms with Crippen molar-refractivity contribution < 1.29 is 18.5 Å². The third-order valence-corrected chi connectivity index (χ3v) is 24.8. The summed E-state index contributed by atoms with van der Waals surface area (Å²) in [6, 6.07) is 30.4. The van der Waals surface area contributed by atoms with E-state index in [0.717, 1.165) is 45.9 Å². The van der Waals surface area contributed by atoms with E-state index in [1.807, 2.05) is 0 Å². The minimum Gasteiger partial charge on any atom is -0.394 e. The van der Waals surface area contributed by atoms with Crippen LogP contribution in [0, 0.1) is 0 Å². The molecule has 6 fully saturated rings. The number of fused-ring (bicyclic) bond motifs is 7. The number of benzene rings is 6. The molecule has 0 unspecified atom stereocenters. The molecule has 0 aromatic heterocycles. The van der Waals surface area contributed by atoms with Crippen molar-refractivity contribution in [2.45, 2.75) is 332 Å². The summed E-state index contributed by atoms with van der Waals surface area (Å²) in [6.45, 7) is 4.63. The Balaban J connectivity index is 1.12. The molecule has 4 nitrogen and oxygen atoms in total. The first-order valence-electron chi connectivity index (χ1n) is 38.1. The number of phosphoric ester groups is 1. The number of hydrogen-bond donors (Lipinski definition) is 1. The molecule has 0 atom stereocenters. The quantitative estimate of drug-likeness (QED) is 0.0544. The van der Waals surface area contributed by atoms with Gasteiger partial charge in [0.1, 0.15) is 11.5 Å². The predicted molar refractivity (Wildman–Crippen MR) is 378 cm³/mol. The van der Waals surface area contributed by atoms with Crippen molar-refractivity contribution in [1.82, 2.24) is 0 Å². The Labute approximate surface area is 538 Å². The fraction of sp³-hybridized carbons (Fsp3) is 0.619. The standard InChI is InChI=1S/C84H113O4P/c1-3-5-7-9-11-19-33-59-47-49-71-69(51-59)57-77(79-73(63-39-25-15-26-40-63)53-67(61-35-21-13-22-36-61)54-74(79)64-41-27-16-28-42-64)83-81(71)82-72-50-48-60(34-20-12-10-8-6-4-2)52-70(72)58-78(84(82)88-89(85,86)87-83)80-75(65-43-29-17-30-44-65)55-68(62-37-23-14-24-38-62)56-76(80)66-45-31-18-32-46-66/h47-58,61-66H,3-46H2,1-2H3,(H,85,86). The van der Waals surface area contributed by atoms with Crippen molar-refractivity contribution in [3.63, 3.8) is 0 Å². The average molecular weight is 1220 g/mol. The third kappa shape index (κ3) is 14.6. The normalized spacial score (nSPS) is 20.3. The lowest BCUT2D eigenvalue weighted by Crippen LogP contribution is -2.14. The summed E-state index contributed by atoms with van der Waals surface area (Å²) >= 11 is 0. The van der Waals surface area contributed by atoms with Crippen LogP contribution in [0.4, 0.5) is 0 Å². The van der Waals surface area contributed by atoms with Crippen LogP contribution in [0.1, 0.15) is 364 Å². The first-order chi connectivity index (χ1) is 43.8. The first kappa shape index (κ1) is 63.4. The van der Waals surface area contributed by atoms with Crippen molar-refractivity contribution >= 4 is 29.4 Å².